The Labute approximate surface area is 136 Å². The van der Waals surface area contributed by atoms with Crippen molar-refractivity contribution in [2.45, 2.75) is 25.4 Å². The molecule has 2 rings (SSSR count). The van der Waals surface area contributed by atoms with Crippen LogP contribution in [-0.2, 0) is 11.3 Å². The van der Waals surface area contributed by atoms with Crippen LogP contribution in [0.3, 0.4) is 0 Å². The maximum Gasteiger partial charge on any atom is 0.231 e. The Morgan fingerprint density at radius 1 is 1.30 bits per heavy atom. The number of nitrogens with one attached hydrogen (secondary N) is 1. The van der Waals surface area contributed by atoms with E-state index in [0.717, 1.165) is 41.4 Å². The van der Waals surface area contributed by atoms with E-state index in [1.54, 1.807) is 0 Å². The Balaban J connectivity index is 1.75. The number of carbonyl (C=O) groups is 1. The lowest BCUT2D eigenvalue weighted by Gasteiger charge is -2.31. The van der Waals surface area contributed by atoms with Crippen LogP contribution in [0, 0.1) is 0 Å². The van der Waals surface area contributed by atoms with Crippen LogP contribution >= 0.6 is 31.9 Å². The van der Waals surface area contributed by atoms with Gasteiger partial charge in [0.25, 0.3) is 0 Å². The average molecular weight is 405 g/mol. The number of rotatable bonds is 5. The molecule has 1 fully saturated rings. The molecule has 0 aromatic heterocycles. The molecule has 1 saturated heterocycles. The monoisotopic (exact) mass is 403 g/mol. The highest BCUT2D eigenvalue weighted by atomic mass is 79.9. The van der Waals surface area contributed by atoms with Crippen LogP contribution in [0.1, 0.15) is 18.4 Å². The van der Waals surface area contributed by atoms with Gasteiger partial charge >= 0.3 is 0 Å². The number of piperidine rings is 1. The lowest BCUT2D eigenvalue weighted by molar-refractivity contribution is -0.119. The van der Waals surface area contributed by atoms with Gasteiger partial charge in [-0.3, -0.25) is 9.69 Å². The predicted octanol–water partition coefficient (Wildman–Crippen LogP) is 2.25. The predicted molar refractivity (Wildman–Crippen MR) is 87.3 cm³/mol. The van der Waals surface area contributed by atoms with E-state index in [2.05, 4.69) is 60.3 Å². The Morgan fingerprint density at radius 2 is 2.00 bits per heavy atom. The van der Waals surface area contributed by atoms with Crippen molar-refractivity contribution in [2.24, 2.45) is 5.73 Å². The van der Waals surface area contributed by atoms with Gasteiger partial charge in [-0.05, 0) is 62.4 Å². The molecule has 1 aliphatic heterocycles. The maximum atomic E-state index is 10.9. The normalized spacial score (nSPS) is 17.3. The van der Waals surface area contributed by atoms with Crippen LogP contribution in [0.15, 0.2) is 27.1 Å². The lowest BCUT2D eigenvalue weighted by Crippen LogP contribution is -2.45. The fourth-order valence-corrected chi connectivity index (χ4v) is 3.10. The summed E-state index contributed by atoms with van der Waals surface area (Å²) in [6, 6.07) is 6.81. The number of hydrogen-bond donors (Lipinski definition) is 2. The first-order valence-corrected chi connectivity index (χ1v) is 8.31. The van der Waals surface area contributed by atoms with Gasteiger partial charge < -0.3 is 11.1 Å². The summed E-state index contributed by atoms with van der Waals surface area (Å²) in [5.74, 6) is -0.240. The number of amides is 1. The van der Waals surface area contributed by atoms with E-state index in [1.165, 1.54) is 5.56 Å². The summed E-state index contributed by atoms with van der Waals surface area (Å²) >= 11 is 6.99. The number of hydrogen-bond acceptors (Lipinski definition) is 3. The van der Waals surface area contributed by atoms with Gasteiger partial charge in [-0.1, -0.05) is 6.07 Å². The van der Waals surface area contributed by atoms with Gasteiger partial charge in [0, 0.05) is 34.6 Å². The summed E-state index contributed by atoms with van der Waals surface area (Å²) in [4.78, 5) is 13.0. The zero-order chi connectivity index (χ0) is 14.5. The molecule has 1 aromatic rings. The molecule has 110 valence electrons. The first-order valence-electron chi connectivity index (χ1n) is 6.72. The van der Waals surface area contributed by atoms with Crippen molar-refractivity contribution < 1.29 is 4.79 Å². The third-order valence-corrected chi connectivity index (χ3v) is 5.43. The van der Waals surface area contributed by atoms with Crippen molar-refractivity contribution >= 4 is 37.8 Å². The second-order valence-electron chi connectivity index (χ2n) is 5.15. The number of halogens is 2. The molecule has 0 radical (unpaired) electrons. The molecule has 1 aliphatic rings. The quantitative estimate of drug-likeness (QED) is 0.791. The minimum Gasteiger partial charge on any atom is -0.369 e. The minimum absolute atomic E-state index is 0.240. The Hall–Kier alpha value is -0.430. The first kappa shape index (κ1) is 15.9. The van der Waals surface area contributed by atoms with Crippen molar-refractivity contribution in [3.05, 3.63) is 32.7 Å². The molecule has 0 spiro atoms. The number of benzene rings is 1. The van der Waals surface area contributed by atoms with E-state index >= 15 is 0 Å². The molecule has 1 heterocycles. The SMILES string of the molecule is NC(=O)CN1CCC(NCc2ccc(Br)c(Br)c2)CC1. The molecule has 4 nitrogen and oxygen atoms in total. The van der Waals surface area contributed by atoms with Gasteiger partial charge in [0.2, 0.25) is 5.91 Å². The molecule has 0 unspecified atom stereocenters. The Morgan fingerprint density at radius 3 is 2.60 bits per heavy atom. The molecule has 0 saturated carbocycles. The largest absolute Gasteiger partial charge is 0.369 e. The lowest BCUT2D eigenvalue weighted by atomic mass is 10.0. The van der Waals surface area contributed by atoms with Crippen LogP contribution in [-0.4, -0.2) is 36.5 Å². The summed E-state index contributed by atoms with van der Waals surface area (Å²) in [5, 5.41) is 3.58. The van der Waals surface area contributed by atoms with Crippen molar-refractivity contribution in [3.8, 4) is 0 Å². The third kappa shape index (κ3) is 4.84. The number of nitrogens with two attached hydrogens (primary N) is 1. The number of carbonyl (C=O) groups excluding carboxylic acids is 1. The van der Waals surface area contributed by atoms with Gasteiger partial charge in [0.05, 0.1) is 6.54 Å². The molecule has 0 atom stereocenters. The van der Waals surface area contributed by atoms with Crippen LogP contribution in [0.25, 0.3) is 0 Å². The van der Waals surface area contributed by atoms with Crippen LogP contribution in [0.4, 0.5) is 0 Å². The molecule has 0 aliphatic carbocycles. The molecule has 6 heteroatoms. The minimum atomic E-state index is -0.240. The van der Waals surface area contributed by atoms with Gasteiger partial charge in [-0.2, -0.15) is 0 Å². The van der Waals surface area contributed by atoms with Crippen molar-refractivity contribution in [1.82, 2.24) is 10.2 Å². The highest BCUT2D eigenvalue weighted by molar-refractivity contribution is 9.13. The van der Waals surface area contributed by atoms with E-state index in [9.17, 15) is 4.79 Å². The number of likely N-dealkylation sites (tertiary alicyclic amines) is 1. The first-order chi connectivity index (χ1) is 9.54. The Kier molecular flexibility index (Phi) is 6.01. The molecular weight excluding hydrogens is 386 g/mol. The fourth-order valence-electron chi connectivity index (χ4n) is 2.43. The van der Waals surface area contributed by atoms with Crippen molar-refractivity contribution in [2.75, 3.05) is 19.6 Å². The van der Waals surface area contributed by atoms with Gasteiger partial charge in [0.15, 0.2) is 0 Å². The zero-order valence-corrected chi connectivity index (χ0v) is 14.4. The second-order valence-corrected chi connectivity index (χ2v) is 6.85. The van der Waals surface area contributed by atoms with Crippen LogP contribution < -0.4 is 11.1 Å². The Bertz CT molecular complexity index is 473. The standard InChI is InChI=1S/C14H19Br2N3O/c15-12-2-1-10(7-13(12)16)8-18-11-3-5-19(6-4-11)9-14(17)20/h1-2,7,11,18H,3-6,8-9H2,(H2,17,20). The summed E-state index contributed by atoms with van der Waals surface area (Å²) in [6.45, 7) is 3.12. The third-order valence-electron chi connectivity index (χ3n) is 3.55. The zero-order valence-electron chi connectivity index (χ0n) is 11.2. The van der Waals surface area contributed by atoms with E-state index in [1.807, 2.05) is 0 Å². The molecular formula is C14H19Br2N3O. The van der Waals surface area contributed by atoms with Crippen LogP contribution in [0.5, 0.6) is 0 Å². The molecule has 20 heavy (non-hydrogen) atoms. The highest BCUT2D eigenvalue weighted by Gasteiger charge is 2.19. The summed E-state index contributed by atoms with van der Waals surface area (Å²) in [5.41, 5.74) is 6.48. The summed E-state index contributed by atoms with van der Waals surface area (Å²) in [6.07, 6.45) is 2.12. The molecule has 1 amide bonds. The molecule has 0 bridgehead atoms. The van der Waals surface area contributed by atoms with Gasteiger partial charge in [0.1, 0.15) is 0 Å². The number of primary amides is 1. The topological polar surface area (TPSA) is 58.4 Å². The van der Waals surface area contributed by atoms with E-state index in [4.69, 9.17) is 5.73 Å². The van der Waals surface area contributed by atoms with Gasteiger partial charge in [-0.25, -0.2) is 0 Å². The van der Waals surface area contributed by atoms with E-state index in [0.29, 0.717) is 12.6 Å². The summed E-state index contributed by atoms with van der Waals surface area (Å²) < 4.78 is 2.15. The van der Waals surface area contributed by atoms with Crippen molar-refractivity contribution in [3.63, 3.8) is 0 Å². The fraction of sp³-hybridized carbons (Fsp3) is 0.500. The number of nitrogens with zero attached hydrogens (tertiary/aromatic N) is 1. The smallest absolute Gasteiger partial charge is 0.231 e. The maximum absolute atomic E-state index is 10.9. The molecule has 3 N–H and O–H groups in total. The van der Waals surface area contributed by atoms with Gasteiger partial charge in [-0.15, -0.1) is 0 Å². The highest BCUT2D eigenvalue weighted by Crippen LogP contribution is 2.23. The van der Waals surface area contributed by atoms with Crippen molar-refractivity contribution in [1.29, 1.82) is 0 Å². The second kappa shape index (κ2) is 7.54. The summed E-state index contributed by atoms with van der Waals surface area (Å²) in [7, 11) is 0. The average Bonchev–Trinajstić information content (AvgIpc) is 2.41. The molecule has 1 aromatic carbocycles. The van der Waals surface area contributed by atoms with E-state index < -0.39 is 0 Å². The van der Waals surface area contributed by atoms with E-state index in [-0.39, 0.29) is 5.91 Å². The van der Waals surface area contributed by atoms with Crippen LogP contribution in [0.2, 0.25) is 0 Å².